The summed E-state index contributed by atoms with van der Waals surface area (Å²) >= 11 is 0. The van der Waals surface area contributed by atoms with Gasteiger partial charge in [0.25, 0.3) is 0 Å². The van der Waals surface area contributed by atoms with Gasteiger partial charge in [-0.05, 0) is 47.7 Å². The Morgan fingerprint density at radius 1 is 1.06 bits per heavy atom. The average Bonchev–Trinajstić information content (AvgIpc) is 3.45. The lowest BCUT2D eigenvalue weighted by atomic mass is 10.0. The summed E-state index contributed by atoms with van der Waals surface area (Å²) in [6, 6.07) is 16.8. The van der Waals surface area contributed by atoms with Gasteiger partial charge in [-0.1, -0.05) is 35.5 Å². The van der Waals surface area contributed by atoms with E-state index in [1.54, 1.807) is 7.11 Å². The Balaban J connectivity index is 1.38. The lowest BCUT2D eigenvalue weighted by Crippen LogP contribution is -2.24. The van der Waals surface area contributed by atoms with E-state index in [0.717, 1.165) is 22.1 Å². The zero-order chi connectivity index (χ0) is 24.6. The van der Waals surface area contributed by atoms with Gasteiger partial charge in [0.05, 0.1) is 19.3 Å². The van der Waals surface area contributed by atoms with Gasteiger partial charge in [0.2, 0.25) is 11.7 Å². The number of alkyl halides is 3. The molecule has 0 radical (unpaired) electrons. The molecule has 3 aromatic carbocycles. The van der Waals surface area contributed by atoms with E-state index in [9.17, 15) is 18.3 Å². The van der Waals surface area contributed by atoms with Gasteiger partial charge in [0.15, 0.2) is 0 Å². The van der Waals surface area contributed by atoms with Crippen LogP contribution in [-0.4, -0.2) is 46.3 Å². The zero-order valence-corrected chi connectivity index (χ0v) is 18.7. The van der Waals surface area contributed by atoms with Crippen LogP contribution in [-0.2, 0) is 6.54 Å². The second-order valence-corrected chi connectivity index (χ2v) is 8.34. The molecule has 1 aromatic heterocycles. The van der Waals surface area contributed by atoms with Crippen molar-refractivity contribution in [3.05, 3.63) is 72.1 Å². The number of fused-ring (bicyclic) bond motifs is 1. The molecule has 1 fully saturated rings. The van der Waals surface area contributed by atoms with Crippen molar-refractivity contribution in [3.63, 3.8) is 0 Å². The van der Waals surface area contributed by atoms with Crippen LogP contribution in [0.3, 0.4) is 0 Å². The van der Waals surface area contributed by atoms with E-state index in [1.165, 1.54) is 24.3 Å². The number of hydrogen-bond acceptors (Lipinski definition) is 7. The van der Waals surface area contributed by atoms with E-state index in [4.69, 9.17) is 9.26 Å². The smallest absolute Gasteiger partial charge is 0.496 e. The number of ether oxygens (including phenoxy) is 2. The highest BCUT2D eigenvalue weighted by Crippen LogP contribution is 2.36. The van der Waals surface area contributed by atoms with E-state index in [0.29, 0.717) is 31.0 Å². The fourth-order valence-corrected chi connectivity index (χ4v) is 4.47. The normalized spacial score (nSPS) is 18.8. The van der Waals surface area contributed by atoms with Gasteiger partial charge in [-0.2, -0.15) is 4.98 Å². The quantitative estimate of drug-likeness (QED) is 0.407. The van der Waals surface area contributed by atoms with Gasteiger partial charge >= 0.3 is 6.36 Å². The molecular formula is C25H22F3N3O4. The van der Waals surface area contributed by atoms with Crippen molar-refractivity contribution in [2.75, 3.05) is 13.7 Å². The minimum absolute atomic E-state index is 0.245. The van der Waals surface area contributed by atoms with Crippen molar-refractivity contribution in [2.45, 2.75) is 31.5 Å². The summed E-state index contributed by atoms with van der Waals surface area (Å²) in [7, 11) is 1.64. The number of likely N-dealkylation sites (tertiary alicyclic amines) is 1. The minimum atomic E-state index is -4.76. The van der Waals surface area contributed by atoms with Crippen LogP contribution in [0.1, 0.15) is 23.9 Å². The molecule has 0 spiro atoms. The van der Waals surface area contributed by atoms with Gasteiger partial charge in [-0.15, -0.1) is 13.2 Å². The number of aliphatic hydroxyl groups excluding tert-OH is 1. The van der Waals surface area contributed by atoms with Crippen molar-refractivity contribution < 1.29 is 32.3 Å². The van der Waals surface area contributed by atoms with E-state index in [1.807, 2.05) is 36.4 Å². The number of hydrogen-bond donors (Lipinski definition) is 1. The zero-order valence-electron chi connectivity index (χ0n) is 18.7. The summed E-state index contributed by atoms with van der Waals surface area (Å²) in [5.74, 6) is 1.04. The average molecular weight is 485 g/mol. The third-order valence-corrected chi connectivity index (χ3v) is 6.02. The first-order valence-corrected chi connectivity index (χ1v) is 11.0. The first kappa shape index (κ1) is 23.1. The summed E-state index contributed by atoms with van der Waals surface area (Å²) < 4.78 is 52.1. The monoisotopic (exact) mass is 485 g/mol. The first-order valence-electron chi connectivity index (χ1n) is 11.0. The molecular weight excluding hydrogens is 463 g/mol. The van der Waals surface area contributed by atoms with Crippen LogP contribution < -0.4 is 9.47 Å². The molecule has 2 atom stereocenters. The molecule has 0 bridgehead atoms. The second-order valence-electron chi connectivity index (χ2n) is 8.34. The van der Waals surface area contributed by atoms with Gasteiger partial charge < -0.3 is 19.1 Å². The lowest BCUT2D eigenvalue weighted by Gasteiger charge is -2.22. The maximum absolute atomic E-state index is 12.4. The molecule has 0 amide bonds. The van der Waals surface area contributed by atoms with Crippen molar-refractivity contribution in [1.82, 2.24) is 15.0 Å². The molecule has 2 heterocycles. The number of benzene rings is 3. The molecule has 0 saturated carbocycles. The van der Waals surface area contributed by atoms with Crippen LogP contribution in [0.15, 0.2) is 65.2 Å². The molecule has 5 rings (SSSR count). The van der Waals surface area contributed by atoms with Crippen LogP contribution in [0.5, 0.6) is 11.5 Å². The molecule has 10 heteroatoms. The molecule has 182 valence electrons. The molecule has 0 aliphatic carbocycles. The molecule has 1 N–H and O–H groups in total. The number of aromatic nitrogens is 2. The Morgan fingerprint density at radius 3 is 2.51 bits per heavy atom. The SMILES string of the molecule is COc1ccc(CN2CC(O)CC2c2nc(-c3ccc(OC(F)(F)F)cc3)no2)c2ccccc12. The molecule has 35 heavy (non-hydrogen) atoms. The number of rotatable bonds is 6. The number of halogens is 3. The molecule has 7 nitrogen and oxygen atoms in total. The fourth-order valence-electron chi connectivity index (χ4n) is 4.47. The largest absolute Gasteiger partial charge is 0.573 e. The Morgan fingerprint density at radius 2 is 1.80 bits per heavy atom. The standard InChI is InChI=1S/C25H22F3N3O4/c1-33-22-11-8-16(19-4-2-3-5-20(19)22)13-31-14-17(32)12-21(31)24-29-23(30-35-24)15-6-9-18(10-7-15)34-25(26,27)28/h2-11,17,21,32H,12-14H2,1H3. The van der Waals surface area contributed by atoms with Crippen molar-refractivity contribution in [1.29, 1.82) is 0 Å². The number of methoxy groups -OCH3 is 1. The van der Waals surface area contributed by atoms with Crippen molar-refractivity contribution in [3.8, 4) is 22.9 Å². The lowest BCUT2D eigenvalue weighted by molar-refractivity contribution is -0.274. The summed E-state index contributed by atoms with van der Waals surface area (Å²) in [6.07, 6.45) is -4.89. The summed E-state index contributed by atoms with van der Waals surface area (Å²) in [5.41, 5.74) is 1.56. The summed E-state index contributed by atoms with van der Waals surface area (Å²) in [4.78, 5) is 6.55. The van der Waals surface area contributed by atoms with Gasteiger partial charge in [0.1, 0.15) is 11.5 Å². The van der Waals surface area contributed by atoms with Crippen LogP contribution in [0, 0.1) is 0 Å². The van der Waals surface area contributed by atoms with Gasteiger partial charge in [-0.3, -0.25) is 4.90 Å². The van der Waals surface area contributed by atoms with Crippen molar-refractivity contribution >= 4 is 10.8 Å². The first-order chi connectivity index (χ1) is 16.8. The highest BCUT2D eigenvalue weighted by Gasteiger charge is 2.36. The molecule has 1 saturated heterocycles. The van der Waals surface area contributed by atoms with E-state index in [-0.39, 0.29) is 17.6 Å². The third-order valence-electron chi connectivity index (χ3n) is 6.02. The fraction of sp³-hybridized carbons (Fsp3) is 0.280. The number of nitrogens with zero attached hydrogens (tertiary/aromatic N) is 3. The van der Waals surface area contributed by atoms with E-state index in [2.05, 4.69) is 19.8 Å². The molecule has 4 aromatic rings. The maximum Gasteiger partial charge on any atom is 0.573 e. The van der Waals surface area contributed by atoms with Crippen LogP contribution >= 0.6 is 0 Å². The van der Waals surface area contributed by atoms with E-state index < -0.39 is 12.5 Å². The Labute approximate surface area is 198 Å². The summed E-state index contributed by atoms with van der Waals surface area (Å²) in [6.45, 7) is 0.986. The Hall–Kier alpha value is -3.63. The van der Waals surface area contributed by atoms with Crippen molar-refractivity contribution in [2.24, 2.45) is 0 Å². The molecule has 1 aliphatic rings. The minimum Gasteiger partial charge on any atom is -0.496 e. The highest BCUT2D eigenvalue weighted by molar-refractivity contribution is 5.91. The summed E-state index contributed by atoms with van der Waals surface area (Å²) in [5, 5.41) is 16.5. The predicted octanol–water partition coefficient (Wildman–Crippen LogP) is 5.10. The van der Waals surface area contributed by atoms with Gasteiger partial charge in [0, 0.05) is 24.0 Å². The Kier molecular flexibility index (Phi) is 6.08. The molecule has 2 unspecified atom stereocenters. The van der Waals surface area contributed by atoms with Gasteiger partial charge in [-0.25, -0.2) is 0 Å². The molecule has 1 aliphatic heterocycles. The number of aliphatic hydroxyl groups is 1. The number of β-amino-alcohol motifs (C(OH)–C–C–N with tert-alkyl or cyclic N) is 1. The maximum atomic E-state index is 12.4. The van der Waals surface area contributed by atoms with Crippen LogP contribution in [0.4, 0.5) is 13.2 Å². The highest BCUT2D eigenvalue weighted by atomic mass is 19.4. The topological polar surface area (TPSA) is 80.9 Å². The second kappa shape index (κ2) is 9.20. The Bertz CT molecular complexity index is 1320. The third kappa shape index (κ3) is 4.94. The van der Waals surface area contributed by atoms with E-state index >= 15 is 0 Å². The predicted molar refractivity (Wildman–Crippen MR) is 121 cm³/mol. The van der Waals surface area contributed by atoms with Crippen LogP contribution in [0.25, 0.3) is 22.2 Å². The van der Waals surface area contributed by atoms with Crippen LogP contribution in [0.2, 0.25) is 0 Å².